The Bertz CT molecular complexity index is 446. The Hall–Kier alpha value is -1.13. The van der Waals surface area contributed by atoms with Gasteiger partial charge in [0.25, 0.3) is 0 Å². The Morgan fingerprint density at radius 2 is 2.29 bits per heavy atom. The Morgan fingerprint density at radius 1 is 1.59 bits per heavy atom. The van der Waals surface area contributed by atoms with Gasteiger partial charge >= 0.3 is 0 Å². The average molecular weight is 272 g/mol. The predicted octanol–water partition coefficient (Wildman–Crippen LogP) is 3.22. The maximum atomic E-state index is 10.7. The van der Waals surface area contributed by atoms with E-state index in [0.29, 0.717) is 22.2 Å². The van der Waals surface area contributed by atoms with Crippen LogP contribution in [0.1, 0.15) is 12.5 Å². The van der Waals surface area contributed by atoms with Gasteiger partial charge in [-0.2, -0.15) is 0 Å². The number of nitrogen functional groups attached to an aromatic ring is 1. The van der Waals surface area contributed by atoms with Crippen LogP contribution in [0.4, 0.5) is 5.69 Å². The second kappa shape index (κ2) is 6.57. The van der Waals surface area contributed by atoms with Crippen LogP contribution in [0.3, 0.4) is 0 Å². The number of anilines is 1. The third kappa shape index (κ3) is 4.32. The SMILES string of the molecule is COc1cc(C=CCSC(C)=O)c(Cl)cc1N. The highest BCUT2D eigenvalue weighted by Crippen LogP contribution is 2.29. The molecule has 0 heterocycles. The summed E-state index contributed by atoms with van der Waals surface area (Å²) in [5, 5.41) is 0.656. The lowest BCUT2D eigenvalue weighted by Crippen LogP contribution is -1.93. The van der Waals surface area contributed by atoms with Gasteiger partial charge in [0.2, 0.25) is 0 Å². The van der Waals surface area contributed by atoms with E-state index < -0.39 is 0 Å². The minimum absolute atomic E-state index is 0.0932. The molecule has 0 atom stereocenters. The van der Waals surface area contributed by atoms with Crippen molar-refractivity contribution in [3.05, 3.63) is 28.8 Å². The molecule has 3 nitrogen and oxygen atoms in total. The molecule has 0 bridgehead atoms. The molecule has 0 aliphatic heterocycles. The number of nitrogens with two attached hydrogens (primary N) is 1. The van der Waals surface area contributed by atoms with E-state index in [1.54, 1.807) is 19.2 Å². The maximum absolute atomic E-state index is 10.7. The molecule has 17 heavy (non-hydrogen) atoms. The predicted molar refractivity (Wildman–Crippen MR) is 74.6 cm³/mol. The molecule has 92 valence electrons. The van der Waals surface area contributed by atoms with Crippen molar-refractivity contribution >= 4 is 40.2 Å². The summed E-state index contributed by atoms with van der Waals surface area (Å²) in [5.74, 6) is 1.21. The maximum Gasteiger partial charge on any atom is 0.186 e. The van der Waals surface area contributed by atoms with Crippen LogP contribution in [0.25, 0.3) is 6.08 Å². The third-order valence-corrected chi connectivity index (χ3v) is 3.12. The van der Waals surface area contributed by atoms with Crippen LogP contribution in [0.5, 0.6) is 5.75 Å². The molecule has 2 N–H and O–H groups in total. The van der Waals surface area contributed by atoms with E-state index >= 15 is 0 Å². The molecule has 5 heteroatoms. The molecule has 0 unspecified atom stereocenters. The van der Waals surface area contributed by atoms with E-state index in [1.165, 1.54) is 18.7 Å². The zero-order valence-electron chi connectivity index (χ0n) is 9.70. The summed E-state index contributed by atoms with van der Waals surface area (Å²) in [5.41, 5.74) is 7.04. The third-order valence-electron chi connectivity index (χ3n) is 2.03. The number of hydrogen-bond acceptors (Lipinski definition) is 4. The normalized spacial score (nSPS) is 10.8. The Morgan fingerprint density at radius 3 is 2.88 bits per heavy atom. The van der Waals surface area contributed by atoms with Gasteiger partial charge in [0, 0.05) is 12.7 Å². The van der Waals surface area contributed by atoms with Gasteiger partial charge in [-0.05, 0) is 17.7 Å². The number of ether oxygens (including phenoxy) is 1. The molecule has 0 aromatic heterocycles. The van der Waals surface area contributed by atoms with E-state index in [2.05, 4.69) is 0 Å². The standard InChI is InChI=1S/C12H14ClNO2S/c1-8(15)17-5-3-4-9-6-12(16-2)11(14)7-10(9)13/h3-4,6-7H,5,14H2,1-2H3. The molecule has 0 aliphatic rings. The average Bonchev–Trinajstić information content (AvgIpc) is 2.26. The number of benzene rings is 1. The summed E-state index contributed by atoms with van der Waals surface area (Å²) in [7, 11) is 1.55. The van der Waals surface area contributed by atoms with Crippen molar-refractivity contribution < 1.29 is 9.53 Å². The summed E-state index contributed by atoms with van der Waals surface area (Å²) < 4.78 is 5.11. The van der Waals surface area contributed by atoms with Gasteiger partial charge in [0.1, 0.15) is 5.75 Å². The highest BCUT2D eigenvalue weighted by molar-refractivity contribution is 8.13. The second-order valence-electron chi connectivity index (χ2n) is 3.32. The summed E-state index contributed by atoms with van der Waals surface area (Å²) in [6, 6.07) is 3.42. The van der Waals surface area contributed by atoms with Gasteiger partial charge in [-0.1, -0.05) is 35.5 Å². The fourth-order valence-corrected chi connectivity index (χ4v) is 1.89. The second-order valence-corrected chi connectivity index (χ2v) is 4.92. The largest absolute Gasteiger partial charge is 0.495 e. The van der Waals surface area contributed by atoms with Crippen LogP contribution in [0.2, 0.25) is 5.02 Å². The molecule has 1 rings (SSSR count). The van der Waals surface area contributed by atoms with Gasteiger partial charge in [0.15, 0.2) is 5.12 Å². The van der Waals surface area contributed by atoms with Crippen molar-refractivity contribution in [1.29, 1.82) is 0 Å². The quantitative estimate of drug-likeness (QED) is 0.855. The number of methoxy groups -OCH3 is 1. The summed E-state index contributed by atoms with van der Waals surface area (Å²) in [4.78, 5) is 10.7. The monoisotopic (exact) mass is 271 g/mol. The highest BCUT2D eigenvalue weighted by atomic mass is 35.5. The van der Waals surface area contributed by atoms with Crippen molar-refractivity contribution in [3.63, 3.8) is 0 Å². The first-order valence-corrected chi connectivity index (χ1v) is 6.34. The van der Waals surface area contributed by atoms with Crippen LogP contribution < -0.4 is 10.5 Å². The smallest absolute Gasteiger partial charge is 0.186 e. The Kier molecular flexibility index (Phi) is 5.38. The molecule has 0 spiro atoms. The molecular weight excluding hydrogens is 258 g/mol. The number of hydrogen-bond donors (Lipinski definition) is 1. The molecule has 0 aliphatic carbocycles. The lowest BCUT2D eigenvalue weighted by Gasteiger charge is -2.07. The fraction of sp³-hybridized carbons (Fsp3) is 0.250. The topological polar surface area (TPSA) is 52.3 Å². The number of halogens is 1. The van der Waals surface area contributed by atoms with Crippen molar-refractivity contribution in [2.45, 2.75) is 6.92 Å². The van der Waals surface area contributed by atoms with Gasteiger partial charge in [-0.3, -0.25) is 4.79 Å². The van der Waals surface area contributed by atoms with E-state index in [-0.39, 0.29) is 5.12 Å². The van der Waals surface area contributed by atoms with E-state index in [0.717, 1.165) is 5.56 Å². The first-order chi connectivity index (χ1) is 8.04. The molecule has 1 aromatic carbocycles. The zero-order valence-corrected chi connectivity index (χ0v) is 11.3. The molecule has 0 fully saturated rings. The van der Waals surface area contributed by atoms with E-state index in [9.17, 15) is 4.79 Å². The summed E-state index contributed by atoms with van der Waals surface area (Å²) in [6.45, 7) is 1.54. The van der Waals surface area contributed by atoms with Gasteiger partial charge in [0.05, 0.1) is 17.8 Å². The minimum Gasteiger partial charge on any atom is -0.495 e. The van der Waals surface area contributed by atoms with Gasteiger partial charge in [-0.25, -0.2) is 0 Å². The lowest BCUT2D eigenvalue weighted by molar-refractivity contribution is -0.109. The molecular formula is C12H14ClNO2S. The molecule has 0 saturated carbocycles. The van der Waals surface area contributed by atoms with Crippen LogP contribution in [-0.2, 0) is 4.79 Å². The summed E-state index contributed by atoms with van der Waals surface area (Å²) >= 11 is 7.28. The fourth-order valence-electron chi connectivity index (χ4n) is 1.23. The van der Waals surface area contributed by atoms with Gasteiger partial charge in [-0.15, -0.1) is 0 Å². The molecule has 1 aromatic rings. The van der Waals surface area contributed by atoms with Crippen molar-refractivity contribution in [2.75, 3.05) is 18.6 Å². The number of carbonyl (C=O) groups excluding carboxylic acids is 1. The van der Waals surface area contributed by atoms with E-state index in [1.807, 2.05) is 12.2 Å². The Labute approximate surface area is 110 Å². The number of carbonyl (C=O) groups is 1. The van der Waals surface area contributed by atoms with Crippen LogP contribution in [-0.4, -0.2) is 18.0 Å². The number of rotatable bonds is 4. The zero-order chi connectivity index (χ0) is 12.8. The Balaban J connectivity index is 2.80. The van der Waals surface area contributed by atoms with Gasteiger partial charge < -0.3 is 10.5 Å². The van der Waals surface area contributed by atoms with E-state index in [4.69, 9.17) is 22.1 Å². The van der Waals surface area contributed by atoms with Crippen LogP contribution in [0.15, 0.2) is 18.2 Å². The molecule has 0 radical (unpaired) electrons. The highest BCUT2D eigenvalue weighted by Gasteiger charge is 2.04. The minimum atomic E-state index is 0.0932. The first kappa shape index (κ1) is 13.9. The number of thioether (sulfide) groups is 1. The molecule has 0 saturated heterocycles. The van der Waals surface area contributed by atoms with Crippen molar-refractivity contribution in [3.8, 4) is 5.75 Å². The van der Waals surface area contributed by atoms with Crippen LogP contribution in [0, 0.1) is 0 Å². The first-order valence-electron chi connectivity index (χ1n) is 4.97. The molecule has 0 amide bonds. The summed E-state index contributed by atoms with van der Waals surface area (Å²) in [6.07, 6.45) is 3.73. The lowest BCUT2D eigenvalue weighted by atomic mass is 10.2. The van der Waals surface area contributed by atoms with Crippen LogP contribution >= 0.6 is 23.4 Å². The van der Waals surface area contributed by atoms with Crippen molar-refractivity contribution in [1.82, 2.24) is 0 Å². The van der Waals surface area contributed by atoms with Crippen molar-refractivity contribution in [2.24, 2.45) is 0 Å².